The summed E-state index contributed by atoms with van der Waals surface area (Å²) in [4.78, 5) is 13.7. The molecular formula is C33H40O19. The summed E-state index contributed by atoms with van der Waals surface area (Å²) < 4.78 is 40.0. The van der Waals surface area contributed by atoms with Gasteiger partial charge in [-0.3, -0.25) is 4.79 Å². The number of benzene rings is 2. The SMILES string of the molecule is CC1O[C@@H](OC2[C@H](OCC3O[C@@H](Oc4c(-c5ccc(O)cc5)oc5cc(O)cc(O)c5c4=O)C(O)C(O)[C@@H]3O)OC(C)[C@H](O)[C@@H]2O)C(O)[C@@H](O)[C@H]1O. The predicted molar refractivity (Wildman–Crippen MR) is 170 cm³/mol. The summed E-state index contributed by atoms with van der Waals surface area (Å²) in [5.74, 6) is -2.15. The lowest BCUT2D eigenvalue weighted by molar-refractivity contribution is -0.367. The molecule has 3 aliphatic heterocycles. The average Bonchev–Trinajstić information content (AvgIpc) is 3.10. The van der Waals surface area contributed by atoms with Crippen LogP contribution in [0, 0.1) is 0 Å². The van der Waals surface area contributed by atoms with Crippen LogP contribution in [0.3, 0.4) is 0 Å². The van der Waals surface area contributed by atoms with Gasteiger partial charge in [-0.1, -0.05) is 0 Å². The van der Waals surface area contributed by atoms with Gasteiger partial charge in [-0.25, -0.2) is 0 Å². The molecule has 3 aromatic rings. The summed E-state index contributed by atoms with van der Waals surface area (Å²) >= 11 is 0. The summed E-state index contributed by atoms with van der Waals surface area (Å²) in [7, 11) is 0. The highest BCUT2D eigenvalue weighted by atomic mass is 16.8. The zero-order valence-electron chi connectivity index (χ0n) is 27.5. The predicted octanol–water partition coefficient (Wildman–Crippen LogP) is -2.54. The summed E-state index contributed by atoms with van der Waals surface area (Å²) in [6, 6.07) is 7.22. The van der Waals surface area contributed by atoms with Crippen molar-refractivity contribution in [1.82, 2.24) is 0 Å². The molecule has 0 radical (unpaired) electrons. The van der Waals surface area contributed by atoms with E-state index in [0.29, 0.717) is 0 Å². The molecule has 0 amide bonds. The van der Waals surface area contributed by atoms with Gasteiger partial charge in [0.25, 0.3) is 0 Å². The van der Waals surface area contributed by atoms with Crippen molar-refractivity contribution in [1.29, 1.82) is 0 Å². The first-order valence-corrected chi connectivity index (χ1v) is 16.2. The van der Waals surface area contributed by atoms with Gasteiger partial charge >= 0.3 is 0 Å². The maximum Gasteiger partial charge on any atom is 0.239 e. The number of hydrogen-bond donors (Lipinski definition) is 11. The molecule has 52 heavy (non-hydrogen) atoms. The normalized spacial score (nSPS) is 38.3. The van der Waals surface area contributed by atoms with E-state index in [1.165, 1.54) is 38.1 Å². The van der Waals surface area contributed by atoms with Crippen LogP contribution >= 0.6 is 0 Å². The Morgan fingerprint density at radius 2 is 1.25 bits per heavy atom. The van der Waals surface area contributed by atoms with Crippen molar-refractivity contribution in [3.8, 4) is 34.3 Å². The van der Waals surface area contributed by atoms with Crippen molar-refractivity contribution in [3.63, 3.8) is 0 Å². The van der Waals surface area contributed by atoms with Crippen LogP contribution in [0.2, 0.25) is 0 Å². The Balaban J connectivity index is 1.26. The Kier molecular flexibility index (Phi) is 11.0. The molecule has 3 aliphatic rings. The van der Waals surface area contributed by atoms with E-state index in [-0.39, 0.29) is 22.7 Å². The molecule has 19 heteroatoms. The van der Waals surface area contributed by atoms with Gasteiger partial charge in [0.2, 0.25) is 17.5 Å². The third-order valence-electron chi connectivity index (χ3n) is 9.26. The number of aliphatic hydroxyl groups excluding tert-OH is 8. The minimum atomic E-state index is -1.99. The highest BCUT2D eigenvalue weighted by molar-refractivity contribution is 5.88. The highest BCUT2D eigenvalue weighted by Gasteiger charge is 2.51. The largest absolute Gasteiger partial charge is 0.508 e. The van der Waals surface area contributed by atoms with Crippen LogP contribution in [0.1, 0.15) is 13.8 Å². The van der Waals surface area contributed by atoms with E-state index in [1.54, 1.807) is 0 Å². The van der Waals surface area contributed by atoms with Crippen LogP contribution in [0.25, 0.3) is 22.3 Å². The zero-order valence-corrected chi connectivity index (χ0v) is 27.5. The summed E-state index contributed by atoms with van der Waals surface area (Å²) in [6.07, 6.45) is -24.3. The second kappa shape index (κ2) is 15.0. The van der Waals surface area contributed by atoms with Gasteiger partial charge in [0.1, 0.15) is 89.3 Å². The first-order chi connectivity index (χ1) is 24.6. The molecule has 0 bridgehead atoms. The molecule has 4 heterocycles. The Labute approximate surface area is 293 Å². The summed E-state index contributed by atoms with van der Waals surface area (Å²) in [5.41, 5.74) is -1.07. The van der Waals surface area contributed by atoms with Crippen LogP contribution in [-0.2, 0) is 23.7 Å². The number of hydrogen-bond acceptors (Lipinski definition) is 19. The van der Waals surface area contributed by atoms with Gasteiger partial charge in [-0.05, 0) is 38.1 Å². The molecule has 1 aromatic heterocycles. The van der Waals surface area contributed by atoms with Crippen LogP contribution in [0.4, 0.5) is 0 Å². The van der Waals surface area contributed by atoms with E-state index < -0.39 is 127 Å². The molecule has 2 aromatic carbocycles. The van der Waals surface area contributed by atoms with E-state index >= 15 is 0 Å². The molecule has 286 valence electrons. The Morgan fingerprint density at radius 1 is 0.654 bits per heavy atom. The van der Waals surface area contributed by atoms with Gasteiger partial charge in [-0.15, -0.1) is 0 Å². The number of ether oxygens (including phenoxy) is 6. The second-order valence-electron chi connectivity index (χ2n) is 12.9. The zero-order chi connectivity index (χ0) is 37.8. The van der Waals surface area contributed by atoms with Crippen molar-refractivity contribution >= 4 is 11.0 Å². The van der Waals surface area contributed by atoms with Gasteiger partial charge in [0.05, 0.1) is 18.8 Å². The number of phenols is 3. The fourth-order valence-electron chi connectivity index (χ4n) is 6.20. The standard InChI is InChI=1S/C33H40O19/c1-10-19(37)23(41)26(44)31(47-10)52-30-25(43)20(38)11(2)48-33(30)46-9-17-21(39)24(42)27(45)32(50-17)51-29-22(40)18-15(36)7-14(35)8-16(18)49-28(29)12-3-5-13(34)6-4-12/h3-8,10-11,17,19-21,23-27,30-39,41-45H,9H2,1-2H3/t10?,11?,17?,19-,20-,21+,23-,24?,25-,26?,27?,30?,31-,32-,33+/m0/s1. The lowest BCUT2D eigenvalue weighted by Crippen LogP contribution is -2.64. The fourth-order valence-corrected chi connectivity index (χ4v) is 6.20. The van der Waals surface area contributed by atoms with Crippen LogP contribution in [0.15, 0.2) is 45.6 Å². The van der Waals surface area contributed by atoms with E-state index in [9.17, 15) is 61.0 Å². The Hall–Kier alpha value is -3.67. The molecule has 19 nitrogen and oxygen atoms in total. The molecular weight excluding hydrogens is 700 g/mol. The van der Waals surface area contributed by atoms with Crippen LogP contribution in [0.5, 0.6) is 23.0 Å². The molecule has 15 atom stereocenters. The summed E-state index contributed by atoms with van der Waals surface area (Å²) in [5, 5.41) is 114. The average molecular weight is 741 g/mol. The van der Waals surface area contributed by atoms with Gasteiger partial charge in [0.15, 0.2) is 18.3 Å². The molecule has 0 spiro atoms. The third kappa shape index (κ3) is 7.16. The van der Waals surface area contributed by atoms with Gasteiger partial charge < -0.3 is 89.0 Å². The van der Waals surface area contributed by atoms with Gasteiger partial charge in [-0.2, -0.15) is 0 Å². The third-order valence-corrected chi connectivity index (χ3v) is 9.26. The Bertz CT molecular complexity index is 1770. The smallest absolute Gasteiger partial charge is 0.239 e. The first kappa shape index (κ1) is 38.1. The Morgan fingerprint density at radius 3 is 1.92 bits per heavy atom. The maximum absolute atomic E-state index is 13.7. The number of rotatable bonds is 8. The molecule has 3 fully saturated rings. The van der Waals surface area contributed by atoms with Crippen molar-refractivity contribution in [3.05, 3.63) is 46.6 Å². The quantitative estimate of drug-likeness (QED) is 0.113. The molecule has 0 aliphatic carbocycles. The first-order valence-electron chi connectivity index (χ1n) is 16.2. The monoisotopic (exact) mass is 740 g/mol. The minimum Gasteiger partial charge on any atom is -0.508 e. The van der Waals surface area contributed by atoms with E-state index in [1.807, 2.05) is 0 Å². The van der Waals surface area contributed by atoms with E-state index in [4.69, 9.17) is 32.8 Å². The van der Waals surface area contributed by atoms with Crippen molar-refractivity contribution in [2.75, 3.05) is 6.61 Å². The fraction of sp³-hybridized carbons (Fsp3) is 0.545. The second-order valence-corrected chi connectivity index (χ2v) is 12.9. The number of fused-ring (bicyclic) bond motifs is 1. The maximum atomic E-state index is 13.7. The minimum absolute atomic E-state index is 0.130. The highest BCUT2D eigenvalue weighted by Crippen LogP contribution is 2.38. The molecule has 7 unspecified atom stereocenters. The van der Waals surface area contributed by atoms with Crippen LogP contribution < -0.4 is 10.2 Å². The number of phenolic OH excluding ortho intramolecular Hbond substituents is 3. The van der Waals surface area contributed by atoms with E-state index in [0.717, 1.165) is 12.1 Å². The molecule has 6 rings (SSSR count). The lowest BCUT2D eigenvalue weighted by Gasteiger charge is -2.46. The van der Waals surface area contributed by atoms with E-state index in [2.05, 4.69) is 0 Å². The van der Waals surface area contributed by atoms with Crippen LogP contribution in [-0.4, -0.2) is 155 Å². The molecule has 0 saturated carbocycles. The molecule has 3 saturated heterocycles. The number of aromatic hydroxyl groups is 3. The van der Waals surface area contributed by atoms with Crippen molar-refractivity contribution in [2.45, 2.75) is 106 Å². The topological polar surface area (TPSA) is 308 Å². The van der Waals surface area contributed by atoms with Gasteiger partial charge in [0, 0.05) is 17.7 Å². The molecule has 11 N–H and O–H groups in total. The van der Waals surface area contributed by atoms with Crippen molar-refractivity contribution < 1.29 is 89.0 Å². The number of aliphatic hydroxyl groups is 8. The lowest BCUT2D eigenvalue weighted by atomic mass is 9.97. The van der Waals surface area contributed by atoms with Crippen molar-refractivity contribution in [2.24, 2.45) is 0 Å². The summed E-state index contributed by atoms with van der Waals surface area (Å²) in [6.45, 7) is 2.14.